The number of carboxylic acids is 3. The smallest absolute Gasteiger partial charge is 0.372 e. The molecule has 34 heavy (non-hydrogen) atoms. The number of aliphatic carboxylic acids is 3. The summed E-state index contributed by atoms with van der Waals surface area (Å²) in [7, 11) is 0. The molecule has 1 aromatic carbocycles. The molecule has 0 heterocycles. The first-order chi connectivity index (χ1) is 16.2. The predicted molar refractivity (Wildman–Crippen MR) is 118 cm³/mol. The van der Waals surface area contributed by atoms with Crippen molar-refractivity contribution in [2.24, 2.45) is 5.92 Å². The number of hydrogen-bond acceptors (Lipinski definition) is 7. The Hall–Kier alpha value is -3.47. The molecule has 1 fully saturated rings. The number of carbonyl (C=O) groups excluding carboxylic acids is 2. The van der Waals surface area contributed by atoms with Crippen LogP contribution in [0.4, 0.5) is 0 Å². The van der Waals surface area contributed by atoms with Crippen molar-refractivity contribution in [3.63, 3.8) is 0 Å². The zero-order chi connectivity index (χ0) is 25.1. The molecule has 11 nitrogen and oxygen atoms in total. The van der Waals surface area contributed by atoms with Crippen LogP contribution in [0.15, 0.2) is 24.3 Å². The third kappa shape index (κ3) is 8.81. The summed E-state index contributed by atoms with van der Waals surface area (Å²) < 4.78 is 4.98. The van der Waals surface area contributed by atoms with Crippen LogP contribution < -0.4 is 15.4 Å². The van der Waals surface area contributed by atoms with E-state index in [-0.39, 0.29) is 31.0 Å². The molecule has 0 aliphatic heterocycles. The number of hydrogen-bond donors (Lipinski definition) is 5. The fraction of sp³-hybridized carbons (Fsp3) is 0.522. The van der Waals surface area contributed by atoms with Gasteiger partial charge in [0.2, 0.25) is 11.7 Å². The van der Waals surface area contributed by atoms with Crippen molar-refractivity contribution in [2.45, 2.75) is 57.1 Å². The van der Waals surface area contributed by atoms with Gasteiger partial charge in [0, 0.05) is 19.5 Å². The van der Waals surface area contributed by atoms with Gasteiger partial charge in [0.1, 0.15) is 5.75 Å². The van der Waals surface area contributed by atoms with Gasteiger partial charge in [-0.1, -0.05) is 31.4 Å². The Bertz CT molecular complexity index is 865. The zero-order valence-electron chi connectivity index (χ0n) is 18.7. The number of carboxylic acid groups (broad SMARTS) is 3. The minimum absolute atomic E-state index is 0.00669. The second-order valence-corrected chi connectivity index (χ2v) is 8.26. The summed E-state index contributed by atoms with van der Waals surface area (Å²) >= 11 is 0. The quantitative estimate of drug-likeness (QED) is 0.190. The fourth-order valence-electron chi connectivity index (χ4n) is 3.77. The molecule has 1 aliphatic carbocycles. The highest BCUT2D eigenvalue weighted by atomic mass is 16.5. The lowest BCUT2D eigenvalue weighted by molar-refractivity contribution is -0.159. The summed E-state index contributed by atoms with van der Waals surface area (Å²) in [5.41, 5.74) is 0.671. The van der Waals surface area contributed by atoms with E-state index in [1.165, 1.54) is 18.6 Å². The standard InChI is InChI=1S/C23H30N2O9/c26-18(21(28)29)10-11-24-17(20(27)25-13-15-4-2-1-3-5-15)12-14-6-8-16(9-7-14)34-19(22(30)31)23(32)33/h6-9,15,17,19,24H,1-5,10-13H2,(H,25,27)(H,28,29)(H,30,31)(H,32,33). The SMILES string of the molecule is O=C(O)C(=O)CCNC(Cc1ccc(OC(C(=O)O)C(=O)O)cc1)C(=O)NCC1CCCCC1. The number of ether oxygens (including phenoxy) is 1. The number of ketones is 1. The maximum atomic E-state index is 12.8. The number of amides is 1. The third-order valence-corrected chi connectivity index (χ3v) is 5.65. The molecule has 1 aliphatic rings. The summed E-state index contributed by atoms with van der Waals surface area (Å²) in [6.07, 6.45) is 3.49. The molecule has 0 bridgehead atoms. The van der Waals surface area contributed by atoms with Crippen molar-refractivity contribution >= 4 is 29.6 Å². The predicted octanol–water partition coefficient (Wildman–Crippen LogP) is 0.844. The number of carbonyl (C=O) groups is 5. The molecule has 11 heteroatoms. The lowest BCUT2D eigenvalue weighted by Crippen LogP contribution is -2.47. The van der Waals surface area contributed by atoms with Gasteiger partial charge in [0.05, 0.1) is 6.04 Å². The number of benzene rings is 1. The van der Waals surface area contributed by atoms with Gasteiger partial charge in [0.15, 0.2) is 0 Å². The largest absolute Gasteiger partial charge is 0.478 e. The highest BCUT2D eigenvalue weighted by molar-refractivity contribution is 6.32. The Balaban J connectivity index is 2.01. The molecule has 1 saturated carbocycles. The van der Waals surface area contributed by atoms with E-state index in [1.54, 1.807) is 12.1 Å². The van der Waals surface area contributed by atoms with E-state index in [0.29, 0.717) is 18.0 Å². The minimum atomic E-state index is -2.04. The highest BCUT2D eigenvalue weighted by Gasteiger charge is 2.28. The Morgan fingerprint density at radius 2 is 1.56 bits per heavy atom. The van der Waals surface area contributed by atoms with Gasteiger partial charge in [0.25, 0.3) is 6.10 Å². The van der Waals surface area contributed by atoms with Crippen LogP contribution in [-0.4, -0.2) is 70.2 Å². The topological polar surface area (TPSA) is 179 Å². The van der Waals surface area contributed by atoms with Crippen LogP contribution in [0, 0.1) is 5.92 Å². The Labute approximate surface area is 196 Å². The van der Waals surface area contributed by atoms with E-state index in [0.717, 1.165) is 25.7 Å². The van der Waals surface area contributed by atoms with Crippen LogP contribution >= 0.6 is 0 Å². The van der Waals surface area contributed by atoms with Crippen LogP contribution in [0.25, 0.3) is 0 Å². The van der Waals surface area contributed by atoms with E-state index in [2.05, 4.69) is 10.6 Å². The highest BCUT2D eigenvalue weighted by Crippen LogP contribution is 2.23. The Morgan fingerprint density at radius 1 is 0.941 bits per heavy atom. The van der Waals surface area contributed by atoms with E-state index in [4.69, 9.17) is 20.1 Å². The van der Waals surface area contributed by atoms with E-state index >= 15 is 0 Å². The fourth-order valence-corrected chi connectivity index (χ4v) is 3.77. The zero-order valence-corrected chi connectivity index (χ0v) is 18.7. The summed E-state index contributed by atoms with van der Waals surface area (Å²) in [5, 5.41) is 32.5. The van der Waals surface area contributed by atoms with Crippen molar-refractivity contribution < 1.29 is 44.0 Å². The van der Waals surface area contributed by atoms with Crippen molar-refractivity contribution in [3.05, 3.63) is 29.8 Å². The molecular weight excluding hydrogens is 448 g/mol. The van der Waals surface area contributed by atoms with Crippen LogP contribution in [-0.2, 0) is 30.4 Å². The lowest BCUT2D eigenvalue weighted by Gasteiger charge is -2.24. The number of nitrogens with one attached hydrogen (secondary N) is 2. The molecule has 0 saturated heterocycles. The molecular formula is C23H30N2O9. The summed E-state index contributed by atoms with van der Waals surface area (Å²) in [4.78, 5) is 56.9. The summed E-state index contributed by atoms with van der Waals surface area (Å²) in [6.45, 7) is 0.552. The van der Waals surface area contributed by atoms with Gasteiger partial charge in [-0.2, -0.15) is 0 Å². The molecule has 0 spiro atoms. The van der Waals surface area contributed by atoms with Gasteiger partial charge in [-0.05, 0) is 42.9 Å². The number of rotatable bonds is 14. The second kappa shape index (κ2) is 13.3. The molecule has 1 unspecified atom stereocenters. The molecule has 2 rings (SSSR count). The van der Waals surface area contributed by atoms with Crippen molar-refractivity contribution in [1.82, 2.24) is 10.6 Å². The van der Waals surface area contributed by atoms with E-state index in [9.17, 15) is 24.0 Å². The maximum absolute atomic E-state index is 12.8. The van der Waals surface area contributed by atoms with Crippen molar-refractivity contribution in [3.8, 4) is 5.75 Å². The monoisotopic (exact) mass is 478 g/mol. The van der Waals surface area contributed by atoms with Crippen LogP contribution in [0.3, 0.4) is 0 Å². The molecule has 186 valence electrons. The second-order valence-electron chi connectivity index (χ2n) is 8.26. The van der Waals surface area contributed by atoms with E-state index in [1.807, 2.05) is 0 Å². The average Bonchev–Trinajstić information content (AvgIpc) is 2.81. The van der Waals surface area contributed by atoms with Crippen LogP contribution in [0.1, 0.15) is 44.1 Å². The molecule has 0 aromatic heterocycles. The van der Waals surface area contributed by atoms with E-state index < -0.39 is 35.8 Å². The van der Waals surface area contributed by atoms with Crippen LogP contribution in [0.2, 0.25) is 0 Å². The lowest BCUT2D eigenvalue weighted by atomic mass is 9.89. The molecule has 5 N–H and O–H groups in total. The maximum Gasteiger partial charge on any atom is 0.372 e. The van der Waals surface area contributed by atoms with Crippen LogP contribution in [0.5, 0.6) is 5.75 Å². The van der Waals surface area contributed by atoms with Gasteiger partial charge in [-0.3, -0.25) is 9.59 Å². The van der Waals surface area contributed by atoms with Gasteiger partial charge in [-0.15, -0.1) is 0 Å². The average molecular weight is 478 g/mol. The van der Waals surface area contributed by atoms with Crippen molar-refractivity contribution in [2.75, 3.05) is 13.1 Å². The van der Waals surface area contributed by atoms with Crippen molar-refractivity contribution in [1.29, 1.82) is 0 Å². The summed E-state index contributed by atoms with van der Waals surface area (Å²) in [5.74, 6) is -5.57. The Kier molecular flexibility index (Phi) is 10.5. The summed E-state index contributed by atoms with van der Waals surface area (Å²) in [6, 6.07) is 5.21. The minimum Gasteiger partial charge on any atom is -0.478 e. The first-order valence-corrected chi connectivity index (χ1v) is 11.2. The number of Topliss-reactive ketones (excluding diaryl/α,β-unsaturated/α-hetero) is 1. The van der Waals surface area contributed by atoms with Gasteiger partial charge in [-0.25, -0.2) is 14.4 Å². The first-order valence-electron chi connectivity index (χ1n) is 11.2. The third-order valence-electron chi connectivity index (χ3n) is 5.65. The Morgan fingerprint density at radius 3 is 2.12 bits per heavy atom. The molecule has 1 atom stereocenters. The van der Waals surface area contributed by atoms with Gasteiger partial charge >= 0.3 is 17.9 Å². The molecule has 1 aromatic rings. The first kappa shape index (κ1) is 26.8. The normalized spacial score (nSPS) is 14.9. The van der Waals surface area contributed by atoms with Gasteiger partial charge < -0.3 is 30.7 Å². The molecule has 1 amide bonds. The molecule has 0 radical (unpaired) electrons.